The minimum absolute atomic E-state index is 0.379. The van der Waals surface area contributed by atoms with Gasteiger partial charge in [0.05, 0.1) is 5.02 Å². The van der Waals surface area contributed by atoms with Gasteiger partial charge in [0.25, 0.3) is 0 Å². The molecule has 1 saturated carbocycles. The first kappa shape index (κ1) is 17.9. The van der Waals surface area contributed by atoms with Gasteiger partial charge in [-0.15, -0.1) is 0 Å². The topological polar surface area (TPSA) is 38.8 Å². The van der Waals surface area contributed by atoms with E-state index in [1.807, 2.05) is 18.4 Å². The van der Waals surface area contributed by atoms with E-state index in [0.717, 1.165) is 32.1 Å². The molecule has 0 unspecified atom stereocenters. The van der Waals surface area contributed by atoms with Crippen LogP contribution in [0.5, 0.6) is 0 Å². The quantitative estimate of drug-likeness (QED) is 0.407. The number of rotatable bonds is 4. The first-order valence-corrected chi connectivity index (χ1v) is 9.34. The van der Waals surface area contributed by atoms with E-state index in [1.165, 1.54) is 12.2 Å². The lowest BCUT2D eigenvalue weighted by Gasteiger charge is -2.33. The van der Waals surface area contributed by atoms with Gasteiger partial charge in [-0.25, -0.2) is 9.10 Å². The first-order valence-electron chi connectivity index (χ1n) is 7.88. The van der Waals surface area contributed by atoms with E-state index >= 15 is 0 Å². The maximum atomic E-state index is 12.7. The van der Waals surface area contributed by atoms with Crippen molar-refractivity contribution < 1.29 is 13.7 Å². The van der Waals surface area contributed by atoms with E-state index in [4.69, 9.17) is 32.1 Å². The second kappa shape index (κ2) is 7.16. The zero-order valence-corrected chi connectivity index (χ0v) is 15.9. The van der Waals surface area contributed by atoms with Gasteiger partial charge in [-0.2, -0.15) is 0 Å². The van der Waals surface area contributed by atoms with Gasteiger partial charge in [0.15, 0.2) is 11.4 Å². The van der Waals surface area contributed by atoms with Crippen molar-refractivity contribution in [2.45, 2.75) is 37.7 Å². The summed E-state index contributed by atoms with van der Waals surface area (Å²) in [6.07, 6.45) is 4.71. The summed E-state index contributed by atoms with van der Waals surface area (Å²) in [4.78, 5) is 12.7. The number of hydrogen-bond donors (Lipinski definition) is 0. The fourth-order valence-electron chi connectivity index (χ4n) is 3.20. The van der Waals surface area contributed by atoms with Crippen molar-refractivity contribution in [3.63, 3.8) is 0 Å². The number of halogens is 2. The van der Waals surface area contributed by atoms with Gasteiger partial charge in [0.2, 0.25) is 0 Å². The summed E-state index contributed by atoms with van der Waals surface area (Å²) in [5.41, 5.74) is 0.340. The van der Waals surface area contributed by atoms with Crippen molar-refractivity contribution in [1.29, 1.82) is 0 Å². The van der Waals surface area contributed by atoms with Crippen LogP contribution in [0.4, 0.5) is 0 Å². The van der Waals surface area contributed by atoms with E-state index in [0.29, 0.717) is 26.9 Å². The summed E-state index contributed by atoms with van der Waals surface area (Å²) in [5.74, 6) is 0.200. The van der Waals surface area contributed by atoms with E-state index in [1.54, 1.807) is 18.2 Å². The molecule has 24 heavy (non-hydrogen) atoms. The molecule has 4 nitrogen and oxygen atoms in total. The lowest BCUT2D eigenvalue weighted by molar-refractivity contribution is -0.149. The first-order chi connectivity index (χ1) is 11.4. The van der Waals surface area contributed by atoms with E-state index in [-0.39, 0.29) is 5.97 Å². The van der Waals surface area contributed by atoms with Crippen molar-refractivity contribution >= 4 is 47.0 Å². The SMILES string of the molecule is CN(C)SOC1=C(c2ccc(Cl)cc2Cl)C(=O)OC12CCCCC2. The summed E-state index contributed by atoms with van der Waals surface area (Å²) < 4.78 is 13.6. The minimum Gasteiger partial charge on any atom is -0.447 e. The predicted molar refractivity (Wildman–Crippen MR) is 97.7 cm³/mol. The molecular formula is C17H19Cl2NO3S. The van der Waals surface area contributed by atoms with Crippen LogP contribution < -0.4 is 0 Å². The highest BCUT2D eigenvalue weighted by Crippen LogP contribution is 2.49. The van der Waals surface area contributed by atoms with Crippen molar-refractivity contribution in [3.8, 4) is 0 Å². The molecule has 0 atom stereocenters. The fraction of sp³-hybridized carbons (Fsp3) is 0.471. The predicted octanol–water partition coefficient (Wildman–Crippen LogP) is 5.11. The van der Waals surface area contributed by atoms with Crippen LogP contribution in [0, 0.1) is 0 Å². The Labute approximate surface area is 156 Å². The molecule has 3 rings (SSSR count). The minimum atomic E-state index is -0.670. The molecule has 1 fully saturated rings. The second-order valence-electron chi connectivity index (χ2n) is 6.24. The summed E-state index contributed by atoms with van der Waals surface area (Å²) >= 11 is 13.5. The molecule has 1 aliphatic carbocycles. The Bertz CT molecular complexity index is 684. The third-order valence-corrected chi connectivity index (χ3v) is 5.35. The van der Waals surface area contributed by atoms with Crippen LogP contribution in [0.2, 0.25) is 10.0 Å². The van der Waals surface area contributed by atoms with E-state index < -0.39 is 5.60 Å². The average molecular weight is 388 g/mol. The monoisotopic (exact) mass is 387 g/mol. The molecule has 0 bridgehead atoms. The molecule has 7 heteroatoms. The lowest BCUT2D eigenvalue weighted by Crippen LogP contribution is -2.35. The number of ether oxygens (including phenoxy) is 1. The Morgan fingerprint density at radius 3 is 2.54 bits per heavy atom. The normalized spacial score (nSPS) is 20.0. The van der Waals surface area contributed by atoms with Gasteiger partial charge in [0.1, 0.15) is 17.8 Å². The van der Waals surface area contributed by atoms with Crippen LogP contribution in [-0.2, 0) is 13.7 Å². The Morgan fingerprint density at radius 2 is 1.92 bits per heavy atom. The Balaban J connectivity index is 2.09. The number of benzene rings is 1. The third-order valence-electron chi connectivity index (χ3n) is 4.26. The van der Waals surface area contributed by atoms with Crippen molar-refractivity contribution in [2.75, 3.05) is 14.1 Å². The maximum absolute atomic E-state index is 12.7. The van der Waals surface area contributed by atoms with Gasteiger partial charge in [0, 0.05) is 24.7 Å². The zero-order valence-electron chi connectivity index (χ0n) is 13.6. The van der Waals surface area contributed by atoms with Crippen LogP contribution in [0.25, 0.3) is 5.57 Å². The van der Waals surface area contributed by atoms with E-state index in [2.05, 4.69) is 0 Å². The molecular weight excluding hydrogens is 369 g/mol. The molecule has 0 saturated heterocycles. The number of esters is 1. The van der Waals surface area contributed by atoms with Crippen molar-refractivity contribution in [3.05, 3.63) is 39.6 Å². The van der Waals surface area contributed by atoms with Gasteiger partial charge in [-0.05, 0) is 37.8 Å². The molecule has 1 aromatic rings. The van der Waals surface area contributed by atoms with E-state index in [9.17, 15) is 4.79 Å². The van der Waals surface area contributed by atoms with Crippen LogP contribution in [0.1, 0.15) is 37.7 Å². The van der Waals surface area contributed by atoms with Gasteiger partial charge in [-0.1, -0.05) is 35.7 Å². The van der Waals surface area contributed by atoms with Crippen LogP contribution in [0.15, 0.2) is 24.0 Å². The molecule has 130 valence electrons. The van der Waals surface area contributed by atoms with Crippen LogP contribution in [0.3, 0.4) is 0 Å². The Morgan fingerprint density at radius 1 is 1.21 bits per heavy atom. The summed E-state index contributed by atoms with van der Waals surface area (Å²) in [6.45, 7) is 0. The Kier molecular flexibility index (Phi) is 5.35. The smallest absolute Gasteiger partial charge is 0.343 e. The number of carbonyl (C=O) groups excluding carboxylic acids is 1. The molecule has 1 aromatic carbocycles. The fourth-order valence-corrected chi connectivity index (χ4v) is 4.16. The van der Waals surface area contributed by atoms with Gasteiger partial charge >= 0.3 is 5.97 Å². The molecule has 2 aliphatic rings. The molecule has 0 aromatic heterocycles. The number of carbonyl (C=O) groups is 1. The van der Waals surface area contributed by atoms with Crippen LogP contribution >= 0.6 is 35.4 Å². The summed E-state index contributed by atoms with van der Waals surface area (Å²) in [6, 6.07) is 5.08. The van der Waals surface area contributed by atoms with Crippen molar-refractivity contribution in [1.82, 2.24) is 4.31 Å². The van der Waals surface area contributed by atoms with Crippen LogP contribution in [-0.4, -0.2) is 30.0 Å². The zero-order chi connectivity index (χ0) is 17.3. The average Bonchev–Trinajstić information content (AvgIpc) is 2.77. The van der Waals surface area contributed by atoms with Crippen molar-refractivity contribution in [2.24, 2.45) is 0 Å². The summed E-state index contributed by atoms with van der Waals surface area (Å²) in [5, 5.41) is 0.937. The highest BCUT2D eigenvalue weighted by Gasteiger charge is 2.51. The van der Waals surface area contributed by atoms with Gasteiger partial charge in [-0.3, -0.25) is 0 Å². The number of nitrogens with zero attached hydrogens (tertiary/aromatic N) is 1. The molecule has 0 amide bonds. The highest BCUT2D eigenvalue weighted by molar-refractivity contribution is 7.92. The van der Waals surface area contributed by atoms with Gasteiger partial charge < -0.3 is 8.92 Å². The highest BCUT2D eigenvalue weighted by atomic mass is 35.5. The standard InChI is InChI=1S/C17H19Cl2NO3S/c1-20(2)24-23-15-14(12-7-6-11(18)10-13(12)19)16(21)22-17(15)8-4-3-5-9-17/h6-7,10H,3-5,8-9H2,1-2H3. The number of hydrogen-bond acceptors (Lipinski definition) is 5. The lowest BCUT2D eigenvalue weighted by atomic mass is 9.82. The third kappa shape index (κ3) is 3.40. The molecule has 1 spiro atoms. The molecule has 1 aliphatic heterocycles. The molecule has 0 N–H and O–H groups in total. The second-order valence-corrected chi connectivity index (χ2v) is 8.13. The summed E-state index contributed by atoms with van der Waals surface area (Å²) in [7, 11) is 3.76. The maximum Gasteiger partial charge on any atom is 0.343 e. The Hall–Kier alpha value is -0.880. The molecule has 1 heterocycles. The largest absolute Gasteiger partial charge is 0.447 e. The molecule has 0 radical (unpaired) electrons.